The van der Waals surface area contributed by atoms with Crippen LogP contribution in [-0.4, -0.2) is 18.0 Å². The first-order valence-corrected chi connectivity index (χ1v) is 8.50. The number of benzene rings is 1. The van der Waals surface area contributed by atoms with Gasteiger partial charge < -0.3 is 10.1 Å². The van der Waals surface area contributed by atoms with Gasteiger partial charge >= 0.3 is 5.97 Å². The molecule has 1 N–H and O–H groups in total. The minimum absolute atomic E-state index is 0.0221. The zero-order chi connectivity index (χ0) is 16.8. The Bertz CT molecular complexity index is 538. The lowest BCUT2D eigenvalue weighted by molar-refractivity contribution is -0.152. The van der Waals surface area contributed by atoms with Crippen molar-refractivity contribution in [3.63, 3.8) is 0 Å². The molecule has 0 aliphatic heterocycles. The Morgan fingerprint density at radius 2 is 1.78 bits per heavy atom. The normalized spacial score (nSPS) is 24.0. The lowest BCUT2D eigenvalue weighted by atomic mass is 9.80. The first-order valence-electron chi connectivity index (χ1n) is 8.50. The van der Waals surface area contributed by atoms with Gasteiger partial charge in [-0.3, -0.25) is 9.59 Å². The maximum atomic E-state index is 11.9. The molecule has 4 heteroatoms. The van der Waals surface area contributed by atoms with E-state index in [1.165, 1.54) is 0 Å². The summed E-state index contributed by atoms with van der Waals surface area (Å²) >= 11 is 0. The molecule has 0 bridgehead atoms. The molecule has 126 valence electrons. The Morgan fingerprint density at radius 3 is 2.43 bits per heavy atom. The Morgan fingerprint density at radius 1 is 1.09 bits per heavy atom. The number of ether oxygens (including phenoxy) is 1. The van der Waals surface area contributed by atoms with Crippen LogP contribution in [0.15, 0.2) is 24.3 Å². The van der Waals surface area contributed by atoms with Crippen molar-refractivity contribution in [2.75, 3.05) is 5.32 Å². The molecule has 1 aliphatic carbocycles. The number of amides is 1. The number of nitrogens with one attached hydrogen (secondary N) is 1. The average molecular weight is 317 g/mol. The number of hydrogen-bond acceptors (Lipinski definition) is 3. The fourth-order valence-corrected chi connectivity index (χ4v) is 2.93. The van der Waals surface area contributed by atoms with Crippen LogP contribution in [0.5, 0.6) is 0 Å². The summed E-state index contributed by atoms with van der Waals surface area (Å²) in [6.45, 7) is 6.45. The first-order chi connectivity index (χ1) is 10.9. The third kappa shape index (κ3) is 5.70. The highest BCUT2D eigenvalue weighted by molar-refractivity contribution is 5.92. The molecule has 1 fully saturated rings. The van der Waals surface area contributed by atoms with Crippen molar-refractivity contribution in [3.05, 3.63) is 29.8 Å². The summed E-state index contributed by atoms with van der Waals surface area (Å²) in [6, 6.07) is 7.59. The molecule has 0 aromatic heterocycles. The second kappa shape index (κ2) is 8.14. The number of rotatable bonds is 5. The largest absolute Gasteiger partial charge is 0.462 e. The van der Waals surface area contributed by atoms with Crippen LogP contribution < -0.4 is 5.32 Å². The monoisotopic (exact) mass is 317 g/mol. The third-order valence-corrected chi connectivity index (χ3v) is 4.74. The summed E-state index contributed by atoms with van der Waals surface area (Å²) in [5, 5.41) is 2.79. The molecule has 23 heavy (non-hydrogen) atoms. The second-order valence-corrected chi connectivity index (χ2v) is 6.79. The minimum Gasteiger partial charge on any atom is -0.462 e. The van der Waals surface area contributed by atoms with E-state index in [0.29, 0.717) is 11.8 Å². The van der Waals surface area contributed by atoms with Crippen molar-refractivity contribution >= 4 is 17.6 Å². The van der Waals surface area contributed by atoms with Gasteiger partial charge in [-0.05, 0) is 50.2 Å². The van der Waals surface area contributed by atoms with Gasteiger partial charge in [0.2, 0.25) is 5.91 Å². The smallest absolute Gasteiger partial charge is 0.306 e. The zero-order valence-corrected chi connectivity index (χ0v) is 14.3. The van der Waals surface area contributed by atoms with Gasteiger partial charge in [-0.1, -0.05) is 31.5 Å². The molecule has 1 amide bonds. The maximum Gasteiger partial charge on any atom is 0.306 e. The molecule has 0 heterocycles. The second-order valence-electron chi connectivity index (χ2n) is 6.79. The number of hydrogen-bond donors (Lipinski definition) is 1. The van der Waals surface area contributed by atoms with Crippen LogP contribution in [0.4, 0.5) is 5.69 Å². The molecule has 4 nitrogen and oxygen atoms in total. The van der Waals surface area contributed by atoms with Crippen molar-refractivity contribution < 1.29 is 14.3 Å². The van der Waals surface area contributed by atoms with Gasteiger partial charge in [-0.25, -0.2) is 0 Å². The van der Waals surface area contributed by atoms with Gasteiger partial charge in [-0.2, -0.15) is 0 Å². The summed E-state index contributed by atoms with van der Waals surface area (Å²) < 4.78 is 5.51. The molecule has 0 unspecified atom stereocenters. The number of aryl methyl sites for hydroxylation is 1. The number of esters is 1. The molecule has 0 saturated heterocycles. The topological polar surface area (TPSA) is 55.4 Å². The number of carbonyl (C=O) groups excluding carboxylic acids is 2. The summed E-state index contributed by atoms with van der Waals surface area (Å²) in [7, 11) is 0. The van der Waals surface area contributed by atoms with Crippen molar-refractivity contribution in [2.24, 2.45) is 11.8 Å². The summed E-state index contributed by atoms with van der Waals surface area (Å²) in [6.07, 6.45) is 3.29. The minimum atomic E-state index is -0.268. The van der Waals surface area contributed by atoms with Crippen LogP contribution in [0.1, 0.15) is 51.5 Å². The van der Waals surface area contributed by atoms with E-state index >= 15 is 0 Å². The van der Waals surface area contributed by atoms with Crippen molar-refractivity contribution in [3.8, 4) is 0 Å². The summed E-state index contributed by atoms with van der Waals surface area (Å²) in [4.78, 5) is 23.8. The Kier molecular flexibility index (Phi) is 6.20. The zero-order valence-electron chi connectivity index (χ0n) is 14.3. The van der Waals surface area contributed by atoms with E-state index in [9.17, 15) is 9.59 Å². The predicted molar refractivity (Wildman–Crippen MR) is 91.1 cm³/mol. The fraction of sp³-hybridized carbons (Fsp3) is 0.579. The molecular weight excluding hydrogens is 290 g/mol. The summed E-state index contributed by atoms with van der Waals surface area (Å²) in [5.41, 5.74) is 1.90. The molecule has 3 atom stereocenters. The van der Waals surface area contributed by atoms with Crippen LogP contribution in [0.2, 0.25) is 0 Å². The lowest BCUT2D eigenvalue weighted by Crippen LogP contribution is -2.29. The van der Waals surface area contributed by atoms with E-state index in [1.54, 1.807) is 0 Å². The molecule has 1 aliphatic rings. The van der Waals surface area contributed by atoms with Gasteiger partial charge in [0, 0.05) is 12.1 Å². The average Bonchev–Trinajstić information content (AvgIpc) is 2.51. The van der Waals surface area contributed by atoms with E-state index in [2.05, 4.69) is 19.2 Å². The Hall–Kier alpha value is -1.84. The molecule has 1 aromatic carbocycles. The molecule has 0 spiro atoms. The highest BCUT2D eigenvalue weighted by Crippen LogP contribution is 2.31. The number of carbonyl (C=O) groups is 2. The molecular formula is C19H27NO3. The van der Waals surface area contributed by atoms with Gasteiger partial charge in [-0.15, -0.1) is 0 Å². The highest BCUT2D eigenvalue weighted by atomic mass is 16.5. The maximum absolute atomic E-state index is 11.9. The van der Waals surface area contributed by atoms with E-state index in [1.807, 2.05) is 31.2 Å². The van der Waals surface area contributed by atoms with Gasteiger partial charge in [0.15, 0.2) is 0 Å². The molecule has 0 radical (unpaired) electrons. The Balaban J connectivity index is 1.69. The van der Waals surface area contributed by atoms with Crippen LogP contribution in [0.3, 0.4) is 0 Å². The highest BCUT2D eigenvalue weighted by Gasteiger charge is 2.27. The van der Waals surface area contributed by atoms with Crippen molar-refractivity contribution in [1.29, 1.82) is 0 Å². The van der Waals surface area contributed by atoms with Crippen LogP contribution >= 0.6 is 0 Å². The van der Waals surface area contributed by atoms with Crippen LogP contribution in [0.25, 0.3) is 0 Å². The standard InChI is InChI=1S/C19H27NO3/c1-13-4-7-16(8-5-13)20-18(21)10-11-19(22)23-17-9-6-14(2)15(3)12-17/h4-5,7-8,14-15,17H,6,9-12H2,1-3H3,(H,20,21)/t14-,15-,17-/m1/s1. The van der Waals surface area contributed by atoms with Crippen LogP contribution in [-0.2, 0) is 14.3 Å². The quantitative estimate of drug-likeness (QED) is 0.832. The number of anilines is 1. The van der Waals surface area contributed by atoms with Gasteiger partial charge in [0.05, 0.1) is 6.42 Å². The fourth-order valence-electron chi connectivity index (χ4n) is 2.93. The van der Waals surface area contributed by atoms with E-state index < -0.39 is 0 Å². The lowest BCUT2D eigenvalue weighted by Gasteiger charge is -2.31. The first kappa shape index (κ1) is 17.5. The van der Waals surface area contributed by atoms with Crippen LogP contribution in [0, 0.1) is 18.8 Å². The molecule has 1 saturated carbocycles. The van der Waals surface area contributed by atoms with Gasteiger partial charge in [0.1, 0.15) is 6.10 Å². The third-order valence-electron chi connectivity index (χ3n) is 4.74. The SMILES string of the molecule is Cc1ccc(NC(=O)CCC(=O)O[C@@H]2CC[C@@H](C)[C@H](C)C2)cc1. The Labute approximate surface area is 138 Å². The summed E-state index contributed by atoms with van der Waals surface area (Å²) in [5.74, 6) is 0.865. The van der Waals surface area contributed by atoms with Gasteiger partial charge in [0.25, 0.3) is 0 Å². The van der Waals surface area contributed by atoms with E-state index in [4.69, 9.17) is 4.74 Å². The van der Waals surface area contributed by atoms with Crippen molar-refractivity contribution in [1.82, 2.24) is 0 Å². The molecule has 2 rings (SSSR count). The predicted octanol–water partition coefficient (Wildman–Crippen LogP) is 4.08. The van der Waals surface area contributed by atoms with E-state index in [0.717, 1.165) is 30.5 Å². The molecule has 1 aromatic rings. The van der Waals surface area contributed by atoms with E-state index in [-0.39, 0.29) is 30.8 Å². The van der Waals surface area contributed by atoms with Crippen molar-refractivity contribution in [2.45, 2.75) is 59.0 Å².